The molecule has 154 valence electrons. The van der Waals surface area contributed by atoms with E-state index in [1.807, 2.05) is 25.7 Å². The zero-order chi connectivity index (χ0) is 20.0. The van der Waals surface area contributed by atoms with Crippen LogP contribution in [0, 0.1) is 0 Å². The van der Waals surface area contributed by atoms with Crippen molar-refractivity contribution in [2.45, 2.75) is 51.7 Å². The normalized spacial score (nSPS) is 23.2. The van der Waals surface area contributed by atoms with E-state index in [0.29, 0.717) is 39.3 Å². The van der Waals surface area contributed by atoms with E-state index in [9.17, 15) is 14.4 Å². The smallest absolute Gasteiger partial charge is 0.317 e. The number of carbonyl (C=O) groups is 3. The number of aliphatic carboxylic acids is 1. The Balaban J connectivity index is 1.66. The monoisotopic (exact) mass is 383 g/mol. The Kier molecular flexibility index (Phi) is 7.85. The first-order valence-corrected chi connectivity index (χ1v) is 9.81. The first kappa shape index (κ1) is 21.4. The summed E-state index contributed by atoms with van der Waals surface area (Å²) >= 11 is 0. The van der Waals surface area contributed by atoms with Crippen LogP contribution in [-0.2, 0) is 9.59 Å². The van der Waals surface area contributed by atoms with Gasteiger partial charge < -0.3 is 20.6 Å². The molecular weight excluding hydrogens is 350 g/mol. The Morgan fingerprint density at radius 2 is 1.78 bits per heavy atom. The maximum Gasteiger partial charge on any atom is 0.317 e. The summed E-state index contributed by atoms with van der Waals surface area (Å²) in [7, 11) is 0. The largest absolute Gasteiger partial charge is 0.480 e. The average molecular weight is 383 g/mol. The Bertz CT molecular complexity index is 528. The third-order valence-electron chi connectivity index (χ3n) is 5.18. The first-order chi connectivity index (χ1) is 12.8. The zero-order valence-corrected chi connectivity index (χ0v) is 16.6. The topological polar surface area (TPSA) is 105 Å². The molecule has 0 aromatic rings. The predicted octanol–water partition coefficient (Wildman–Crippen LogP) is -0.224. The fraction of sp³-hybridized carbons (Fsp3) is 0.833. The third-order valence-corrected chi connectivity index (χ3v) is 5.18. The van der Waals surface area contributed by atoms with Crippen molar-refractivity contribution in [3.8, 4) is 0 Å². The van der Waals surface area contributed by atoms with Crippen molar-refractivity contribution in [2.24, 2.45) is 0 Å². The van der Waals surface area contributed by atoms with Crippen molar-refractivity contribution in [1.29, 1.82) is 0 Å². The molecule has 1 saturated heterocycles. The van der Waals surface area contributed by atoms with Gasteiger partial charge in [0.2, 0.25) is 5.91 Å². The van der Waals surface area contributed by atoms with Crippen LogP contribution in [0.5, 0.6) is 0 Å². The number of urea groups is 1. The molecule has 0 unspecified atom stereocenters. The van der Waals surface area contributed by atoms with E-state index >= 15 is 0 Å². The number of likely N-dealkylation sites (N-methyl/N-ethyl adjacent to an activating group) is 1. The Morgan fingerprint density at radius 3 is 2.30 bits per heavy atom. The van der Waals surface area contributed by atoms with E-state index in [4.69, 9.17) is 5.11 Å². The number of rotatable bonds is 8. The minimum atomic E-state index is -0.815. The molecule has 0 spiro atoms. The van der Waals surface area contributed by atoms with Gasteiger partial charge in [-0.2, -0.15) is 0 Å². The Labute approximate surface area is 161 Å². The minimum absolute atomic E-state index is 0.0188. The van der Waals surface area contributed by atoms with Crippen molar-refractivity contribution in [2.75, 3.05) is 45.8 Å². The molecule has 2 rings (SSSR count). The summed E-state index contributed by atoms with van der Waals surface area (Å²) in [5.74, 6) is -0.797. The van der Waals surface area contributed by atoms with Gasteiger partial charge in [-0.15, -0.1) is 0 Å². The molecule has 9 heteroatoms. The van der Waals surface area contributed by atoms with E-state index in [-0.39, 0.29) is 36.6 Å². The van der Waals surface area contributed by atoms with Gasteiger partial charge in [0.25, 0.3) is 0 Å². The average Bonchev–Trinajstić information content (AvgIpc) is 2.55. The second-order valence-corrected chi connectivity index (χ2v) is 7.71. The highest BCUT2D eigenvalue weighted by atomic mass is 16.4. The van der Waals surface area contributed by atoms with Crippen LogP contribution in [0.25, 0.3) is 0 Å². The molecule has 0 bridgehead atoms. The standard InChI is InChI=1S/C18H33N5O4/c1-4-22(12-17(25)26)15-9-14(10-15)20-18(27)23-7-5-21(6-8-23)11-16(24)19-13(2)3/h13-15H,4-12H2,1-3H3,(H,19,24)(H,20,27)(H,25,26). The quantitative estimate of drug-likeness (QED) is 0.535. The molecule has 0 radical (unpaired) electrons. The zero-order valence-electron chi connectivity index (χ0n) is 16.6. The van der Waals surface area contributed by atoms with Gasteiger partial charge in [-0.05, 0) is 33.2 Å². The van der Waals surface area contributed by atoms with Crippen LogP contribution < -0.4 is 10.6 Å². The molecule has 0 atom stereocenters. The fourth-order valence-electron chi connectivity index (χ4n) is 3.62. The van der Waals surface area contributed by atoms with Gasteiger partial charge in [0.1, 0.15) is 0 Å². The van der Waals surface area contributed by atoms with Crippen LogP contribution in [0.1, 0.15) is 33.6 Å². The van der Waals surface area contributed by atoms with Crippen molar-refractivity contribution in [1.82, 2.24) is 25.3 Å². The number of carboxylic acid groups (broad SMARTS) is 1. The number of nitrogens with zero attached hydrogens (tertiary/aromatic N) is 3. The van der Waals surface area contributed by atoms with Crippen LogP contribution >= 0.6 is 0 Å². The van der Waals surface area contributed by atoms with Crippen molar-refractivity contribution < 1.29 is 19.5 Å². The maximum atomic E-state index is 12.4. The van der Waals surface area contributed by atoms with E-state index in [0.717, 1.165) is 12.8 Å². The first-order valence-electron chi connectivity index (χ1n) is 9.81. The van der Waals surface area contributed by atoms with Gasteiger partial charge in [-0.1, -0.05) is 6.92 Å². The van der Waals surface area contributed by atoms with E-state index < -0.39 is 5.97 Å². The summed E-state index contributed by atoms with van der Waals surface area (Å²) in [4.78, 5) is 40.9. The molecule has 1 saturated carbocycles. The summed E-state index contributed by atoms with van der Waals surface area (Å²) in [5, 5.41) is 14.9. The summed E-state index contributed by atoms with van der Waals surface area (Å²) in [5.41, 5.74) is 0. The minimum Gasteiger partial charge on any atom is -0.480 e. The van der Waals surface area contributed by atoms with Crippen LogP contribution in [0.15, 0.2) is 0 Å². The second kappa shape index (κ2) is 9.89. The lowest BCUT2D eigenvalue weighted by Crippen LogP contribution is -2.59. The van der Waals surface area contributed by atoms with Gasteiger partial charge in [-0.3, -0.25) is 19.4 Å². The van der Waals surface area contributed by atoms with E-state index in [1.165, 1.54) is 0 Å². The molecule has 0 aromatic heterocycles. The van der Waals surface area contributed by atoms with Gasteiger partial charge in [0.15, 0.2) is 0 Å². The summed E-state index contributed by atoms with van der Waals surface area (Å²) < 4.78 is 0. The molecule has 2 fully saturated rings. The summed E-state index contributed by atoms with van der Waals surface area (Å²) in [6.45, 7) is 9.54. The SMILES string of the molecule is CCN(CC(=O)O)C1CC(NC(=O)N2CCN(CC(=O)NC(C)C)CC2)C1. The Morgan fingerprint density at radius 1 is 1.15 bits per heavy atom. The second-order valence-electron chi connectivity index (χ2n) is 7.71. The number of carboxylic acids is 1. The highest BCUT2D eigenvalue weighted by Gasteiger charge is 2.35. The fourth-order valence-corrected chi connectivity index (χ4v) is 3.62. The number of nitrogens with one attached hydrogen (secondary N) is 2. The molecule has 0 aromatic carbocycles. The molecule has 3 N–H and O–H groups in total. The summed E-state index contributed by atoms with van der Waals surface area (Å²) in [6.07, 6.45) is 1.59. The molecule has 1 heterocycles. The molecule has 9 nitrogen and oxygen atoms in total. The highest BCUT2D eigenvalue weighted by Crippen LogP contribution is 2.25. The number of hydrogen-bond donors (Lipinski definition) is 3. The number of amides is 3. The number of piperazine rings is 1. The van der Waals surface area contributed by atoms with Crippen LogP contribution in [0.3, 0.4) is 0 Å². The maximum absolute atomic E-state index is 12.4. The molecule has 27 heavy (non-hydrogen) atoms. The van der Waals surface area contributed by atoms with Crippen LogP contribution in [-0.4, -0.2) is 102 Å². The Hall–Kier alpha value is -1.87. The molecule has 1 aliphatic heterocycles. The van der Waals surface area contributed by atoms with Crippen molar-refractivity contribution in [3.05, 3.63) is 0 Å². The van der Waals surface area contributed by atoms with Gasteiger partial charge in [-0.25, -0.2) is 4.79 Å². The third kappa shape index (κ3) is 6.66. The molecule has 1 aliphatic carbocycles. The number of carbonyl (C=O) groups excluding carboxylic acids is 2. The lowest BCUT2D eigenvalue weighted by Gasteiger charge is -2.43. The lowest BCUT2D eigenvalue weighted by molar-refractivity contribution is -0.139. The van der Waals surface area contributed by atoms with E-state index in [1.54, 1.807) is 4.90 Å². The lowest BCUT2D eigenvalue weighted by atomic mass is 9.85. The van der Waals surface area contributed by atoms with Crippen LogP contribution in [0.4, 0.5) is 4.79 Å². The molecular formula is C18H33N5O4. The van der Waals surface area contributed by atoms with Crippen molar-refractivity contribution in [3.63, 3.8) is 0 Å². The summed E-state index contributed by atoms with van der Waals surface area (Å²) in [6, 6.07) is 0.411. The highest BCUT2D eigenvalue weighted by molar-refractivity contribution is 5.78. The van der Waals surface area contributed by atoms with Crippen molar-refractivity contribution >= 4 is 17.9 Å². The molecule has 2 aliphatic rings. The molecule has 3 amide bonds. The van der Waals surface area contributed by atoms with Gasteiger partial charge in [0, 0.05) is 44.3 Å². The van der Waals surface area contributed by atoms with Gasteiger partial charge in [0.05, 0.1) is 13.1 Å². The predicted molar refractivity (Wildman–Crippen MR) is 102 cm³/mol. The number of hydrogen-bond acceptors (Lipinski definition) is 5. The van der Waals surface area contributed by atoms with E-state index in [2.05, 4.69) is 15.5 Å². The van der Waals surface area contributed by atoms with Crippen LogP contribution in [0.2, 0.25) is 0 Å². The van der Waals surface area contributed by atoms with Gasteiger partial charge >= 0.3 is 12.0 Å².